The second-order valence-electron chi connectivity index (χ2n) is 4.75. The first-order valence-electron chi connectivity index (χ1n) is 5.96. The Balaban J connectivity index is 2.36. The number of ether oxygens (including phenoxy) is 1. The van der Waals surface area contributed by atoms with Crippen molar-refractivity contribution in [1.29, 1.82) is 0 Å². The molecule has 2 rings (SSSR count). The third-order valence-corrected chi connectivity index (χ3v) is 3.41. The summed E-state index contributed by atoms with van der Waals surface area (Å²) in [5.74, 6) is -2.24. The van der Waals surface area contributed by atoms with Crippen LogP contribution < -0.4 is 0 Å². The van der Waals surface area contributed by atoms with Gasteiger partial charge in [-0.1, -0.05) is 0 Å². The molecule has 4 N–H and O–H groups in total. The molecule has 0 radical (unpaired) electrons. The maximum Gasteiger partial charge on any atom is 0.269 e. The molecule has 0 bridgehead atoms. The Morgan fingerprint density at radius 1 is 1.20 bits per heavy atom. The first kappa shape index (κ1) is 14.8. The largest absolute Gasteiger partial charge is 0.388 e. The molecular formula is C12H15NO7. The zero-order chi connectivity index (χ0) is 15.1. The number of nitro groups is 1. The van der Waals surface area contributed by atoms with E-state index in [0.29, 0.717) is 0 Å². The summed E-state index contributed by atoms with van der Waals surface area (Å²) in [5.41, 5.74) is -0.135. The molecule has 8 heteroatoms. The number of non-ortho nitro benzene ring substituents is 1. The number of rotatable bonds is 2. The van der Waals surface area contributed by atoms with Crippen LogP contribution in [0.1, 0.15) is 12.5 Å². The second kappa shape index (κ2) is 5.08. The van der Waals surface area contributed by atoms with E-state index in [9.17, 15) is 30.5 Å². The van der Waals surface area contributed by atoms with Gasteiger partial charge in [0.05, 0.1) is 11.0 Å². The summed E-state index contributed by atoms with van der Waals surface area (Å²) in [7, 11) is 0. The van der Waals surface area contributed by atoms with Crippen molar-refractivity contribution in [2.45, 2.75) is 37.1 Å². The Labute approximate surface area is 114 Å². The van der Waals surface area contributed by atoms with Gasteiger partial charge in [0.25, 0.3) is 5.69 Å². The lowest BCUT2D eigenvalue weighted by Gasteiger charge is -2.45. The molecule has 0 aromatic heterocycles. The number of aliphatic hydroxyl groups is 4. The Bertz CT molecular complexity index is 505. The van der Waals surface area contributed by atoms with Crippen LogP contribution in [0.5, 0.6) is 0 Å². The van der Waals surface area contributed by atoms with Crippen molar-refractivity contribution in [3.63, 3.8) is 0 Å². The Hall–Kier alpha value is -1.58. The van der Waals surface area contributed by atoms with Crippen LogP contribution in [0.3, 0.4) is 0 Å². The lowest BCUT2D eigenvalue weighted by molar-refractivity contribution is -0.385. The van der Waals surface area contributed by atoms with Gasteiger partial charge in [0.15, 0.2) is 0 Å². The number of aliphatic hydroxyl groups excluding tert-OH is 3. The topological polar surface area (TPSA) is 133 Å². The number of hydrogen-bond donors (Lipinski definition) is 4. The first-order valence-corrected chi connectivity index (χ1v) is 5.96. The van der Waals surface area contributed by atoms with Gasteiger partial charge in [0.1, 0.15) is 18.3 Å². The van der Waals surface area contributed by atoms with Gasteiger partial charge in [-0.25, -0.2) is 0 Å². The maximum atomic E-state index is 10.6. The zero-order valence-corrected chi connectivity index (χ0v) is 10.6. The normalized spacial score (nSPS) is 37.6. The molecule has 20 heavy (non-hydrogen) atoms. The van der Waals surface area contributed by atoms with Crippen molar-refractivity contribution in [3.05, 3.63) is 39.9 Å². The molecule has 0 spiro atoms. The third-order valence-electron chi connectivity index (χ3n) is 3.41. The van der Waals surface area contributed by atoms with Gasteiger partial charge in [0.2, 0.25) is 5.79 Å². The standard InChI is InChI=1S/C12H15NO7/c1-6-9(14)10(15)11(16)12(17,20-6)7-2-4-8(5-3-7)13(18)19/h2-6,9-11,14-17H,1H3/t6-,9+,10+,11-,12-/m1/s1. The van der Waals surface area contributed by atoms with E-state index >= 15 is 0 Å². The molecule has 0 amide bonds. The van der Waals surface area contributed by atoms with E-state index < -0.39 is 35.1 Å². The Morgan fingerprint density at radius 3 is 2.25 bits per heavy atom. The number of benzene rings is 1. The van der Waals surface area contributed by atoms with Crippen LogP contribution in [0.15, 0.2) is 24.3 Å². The molecule has 1 aromatic carbocycles. The van der Waals surface area contributed by atoms with Crippen molar-refractivity contribution in [2.75, 3.05) is 0 Å². The molecular weight excluding hydrogens is 270 g/mol. The van der Waals surface area contributed by atoms with Crippen LogP contribution in [-0.2, 0) is 10.5 Å². The van der Waals surface area contributed by atoms with Crippen molar-refractivity contribution >= 4 is 5.69 Å². The molecule has 0 saturated carbocycles. The minimum Gasteiger partial charge on any atom is -0.388 e. The highest BCUT2D eigenvalue weighted by Gasteiger charge is 2.52. The van der Waals surface area contributed by atoms with Gasteiger partial charge in [-0.2, -0.15) is 0 Å². The number of nitro benzene ring substituents is 1. The van der Waals surface area contributed by atoms with E-state index in [-0.39, 0.29) is 11.3 Å². The van der Waals surface area contributed by atoms with Crippen molar-refractivity contribution < 1.29 is 30.1 Å². The van der Waals surface area contributed by atoms with E-state index in [0.717, 1.165) is 12.1 Å². The van der Waals surface area contributed by atoms with E-state index in [1.165, 1.54) is 19.1 Å². The van der Waals surface area contributed by atoms with Crippen LogP contribution in [0.25, 0.3) is 0 Å². The van der Waals surface area contributed by atoms with Crippen LogP contribution in [-0.4, -0.2) is 49.8 Å². The quantitative estimate of drug-likeness (QED) is 0.414. The summed E-state index contributed by atoms with van der Waals surface area (Å²) in [6.45, 7) is 1.43. The molecule has 1 aromatic rings. The van der Waals surface area contributed by atoms with Crippen LogP contribution >= 0.6 is 0 Å². The second-order valence-corrected chi connectivity index (χ2v) is 4.75. The third kappa shape index (κ3) is 2.28. The predicted octanol–water partition coefficient (Wildman–Crippen LogP) is -0.759. The highest BCUT2D eigenvalue weighted by atomic mass is 16.7. The van der Waals surface area contributed by atoms with E-state index in [2.05, 4.69) is 0 Å². The van der Waals surface area contributed by atoms with Gasteiger partial charge in [0, 0.05) is 17.7 Å². The fourth-order valence-electron chi connectivity index (χ4n) is 2.18. The molecule has 1 fully saturated rings. The molecule has 1 heterocycles. The minimum atomic E-state index is -2.24. The van der Waals surface area contributed by atoms with Crippen molar-refractivity contribution in [1.82, 2.24) is 0 Å². The lowest BCUT2D eigenvalue weighted by atomic mass is 9.88. The number of nitrogens with zero attached hydrogens (tertiary/aromatic N) is 1. The van der Waals surface area contributed by atoms with Gasteiger partial charge < -0.3 is 25.2 Å². The zero-order valence-electron chi connectivity index (χ0n) is 10.6. The lowest BCUT2D eigenvalue weighted by Crippen LogP contribution is -2.62. The fraction of sp³-hybridized carbons (Fsp3) is 0.500. The van der Waals surface area contributed by atoms with Crippen LogP contribution in [0.4, 0.5) is 5.69 Å². The average molecular weight is 285 g/mol. The smallest absolute Gasteiger partial charge is 0.269 e. The summed E-state index contributed by atoms with van der Waals surface area (Å²) >= 11 is 0. The van der Waals surface area contributed by atoms with Crippen LogP contribution in [0, 0.1) is 10.1 Å². The van der Waals surface area contributed by atoms with Crippen molar-refractivity contribution in [3.8, 4) is 0 Å². The van der Waals surface area contributed by atoms with Crippen molar-refractivity contribution in [2.24, 2.45) is 0 Å². The predicted molar refractivity (Wildman–Crippen MR) is 65.6 cm³/mol. The van der Waals surface area contributed by atoms with Gasteiger partial charge in [-0.05, 0) is 19.1 Å². The molecule has 110 valence electrons. The molecule has 5 atom stereocenters. The summed E-state index contributed by atoms with van der Waals surface area (Å²) in [5, 5.41) is 50.1. The fourth-order valence-corrected chi connectivity index (χ4v) is 2.18. The molecule has 1 aliphatic rings. The molecule has 1 aliphatic heterocycles. The molecule has 0 unspecified atom stereocenters. The first-order chi connectivity index (χ1) is 9.27. The van der Waals surface area contributed by atoms with Crippen LogP contribution in [0.2, 0.25) is 0 Å². The number of hydrogen-bond acceptors (Lipinski definition) is 7. The molecule has 8 nitrogen and oxygen atoms in total. The van der Waals surface area contributed by atoms with Gasteiger partial charge in [-0.15, -0.1) is 0 Å². The summed E-state index contributed by atoms with van der Waals surface area (Å²) in [4.78, 5) is 9.97. The Morgan fingerprint density at radius 2 is 1.75 bits per heavy atom. The summed E-state index contributed by atoms with van der Waals surface area (Å²) in [6.07, 6.45) is -5.65. The average Bonchev–Trinajstić information content (AvgIpc) is 2.43. The van der Waals surface area contributed by atoms with E-state index in [1.54, 1.807) is 0 Å². The highest BCUT2D eigenvalue weighted by molar-refractivity contribution is 5.35. The van der Waals surface area contributed by atoms with E-state index in [1.807, 2.05) is 0 Å². The van der Waals surface area contributed by atoms with Gasteiger partial charge in [-0.3, -0.25) is 10.1 Å². The molecule has 0 aliphatic carbocycles. The van der Waals surface area contributed by atoms with Gasteiger partial charge >= 0.3 is 0 Å². The maximum absolute atomic E-state index is 10.6. The Kier molecular flexibility index (Phi) is 3.76. The monoisotopic (exact) mass is 285 g/mol. The summed E-state index contributed by atoms with van der Waals surface area (Å²) < 4.78 is 5.18. The van der Waals surface area contributed by atoms with E-state index in [4.69, 9.17) is 4.74 Å². The summed E-state index contributed by atoms with van der Waals surface area (Å²) in [6, 6.07) is 4.73. The molecule has 1 saturated heterocycles. The SMILES string of the molecule is C[C@H]1O[C@](O)(c2ccc([N+](=O)[O-])cc2)[C@H](O)[C@@H](O)[C@H]1O. The highest BCUT2D eigenvalue weighted by Crippen LogP contribution is 2.36. The minimum absolute atomic E-state index is 0.0494.